The first-order valence-electron chi connectivity index (χ1n) is 2.68. The third-order valence-electron chi connectivity index (χ3n) is 1.05. The summed E-state index contributed by atoms with van der Waals surface area (Å²) in [6.45, 7) is 0. The minimum Gasteiger partial charge on any atom is -0.502 e. The van der Waals surface area contributed by atoms with Gasteiger partial charge in [0, 0.05) is 0 Å². The van der Waals surface area contributed by atoms with Gasteiger partial charge in [0.25, 0.3) is 0 Å². The van der Waals surface area contributed by atoms with E-state index in [1.54, 1.807) is 0 Å². The largest absolute Gasteiger partial charge is 0.502 e. The number of carbonyl (C=O) groups excluding carboxylic acids is 1. The van der Waals surface area contributed by atoms with E-state index in [9.17, 15) is 9.59 Å². The molecule has 1 aromatic rings. The summed E-state index contributed by atoms with van der Waals surface area (Å²) in [5.41, 5.74) is 3.89. The van der Waals surface area contributed by atoms with Crippen molar-refractivity contribution in [1.29, 1.82) is 0 Å². The molecule has 6 nitrogen and oxygen atoms in total. The second kappa shape index (κ2) is 2.41. The lowest BCUT2D eigenvalue weighted by Crippen LogP contribution is -2.31. The molecule has 1 aromatic heterocycles. The molecule has 0 aromatic carbocycles. The second-order valence-corrected chi connectivity index (χ2v) is 1.79. The van der Waals surface area contributed by atoms with Crippen LogP contribution in [0.3, 0.4) is 0 Å². The van der Waals surface area contributed by atoms with Crippen LogP contribution in [0, 0.1) is 0 Å². The SMILES string of the molecule is NC(=O)n1cncc(O)c1=O. The Morgan fingerprint density at radius 1 is 1.73 bits per heavy atom. The third-order valence-corrected chi connectivity index (χ3v) is 1.05. The van der Waals surface area contributed by atoms with Crippen molar-refractivity contribution in [2.75, 3.05) is 0 Å². The van der Waals surface area contributed by atoms with Crippen LogP contribution in [0.15, 0.2) is 17.3 Å². The number of aromatic hydroxyl groups is 1. The first kappa shape index (κ1) is 7.26. The molecule has 11 heavy (non-hydrogen) atoms. The maximum atomic E-state index is 10.8. The van der Waals surface area contributed by atoms with E-state index in [0.717, 1.165) is 12.5 Å². The number of hydrogen-bond donors (Lipinski definition) is 2. The molecule has 0 bridgehead atoms. The number of carbonyl (C=O) groups is 1. The van der Waals surface area contributed by atoms with Gasteiger partial charge < -0.3 is 10.8 Å². The Hall–Kier alpha value is -1.85. The highest BCUT2D eigenvalue weighted by Gasteiger charge is 2.04. The average molecular weight is 155 g/mol. The molecule has 0 atom stereocenters. The van der Waals surface area contributed by atoms with Gasteiger partial charge >= 0.3 is 11.6 Å². The smallest absolute Gasteiger partial charge is 0.327 e. The fourth-order valence-corrected chi connectivity index (χ4v) is 0.559. The molecule has 0 fully saturated rings. The van der Waals surface area contributed by atoms with Crippen molar-refractivity contribution in [3.05, 3.63) is 22.9 Å². The molecule has 0 aliphatic carbocycles. The molecule has 6 heteroatoms. The van der Waals surface area contributed by atoms with Gasteiger partial charge in [-0.25, -0.2) is 14.3 Å². The fourth-order valence-electron chi connectivity index (χ4n) is 0.559. The standard InChI is InChI=1S/C5H5N3O3/c6-5(11)8-2-7-1-3(9)4(8)10/h1-2,9H,(H2,6,11). The topological polar surface area (TPSA) is 98.2 Å². The van der Waals surface area contributed by atoms with Crippen molar-refractivity contribution in [3.63, 3.8) is 0 Å². The van der Waals surface area contributed by atoms with Crippen molar-refractivity contribution >= 4 is 6.03 Å². The van der Waals surface area contributed by atoms with E-state index in [0.29, 0.717) is 4.57 Å². The lowest BCUT2D eigenvalue weighted by Gasteiger charge is -1.96. The van der Waals surface area contributed by atoms with Crippen molar-refractivity contribution in [3.8, 4) is 5.75 Å². The Morgan fingerprint density at radius 2 is 2.36 bits per heavy atom. The number of nitrogens with zero attached hydrogens (tertiary/aromatic N) is 2. The first-order valence-corrected chi connectivity index (χ1v) is 2.68. The molecule has 1 rings (SSSR count). The molecule has 0 aliphatic heterocycles. The Balaban J connectivity index is 3.40. The Bertz CT molecular complexity index is 343. The molecule has 0 radical (unpaired) electrons. The van der Waals surface area contributed by atoms with Crippen LogP contribution < -0.4 is 11.3 Å². The van der Waals surface area contributed by atoms with E-state index in [4.69, 9.17) is 10.8 Å². The van der Waals surface area contributed by atoms with Crippen molar-refractivity contribution in [2.45, 2.75) is 0 Å². The van der Waals surface area contributed by atoms with Gasteiger partial charge in [0.15, 0.2) is 0 Å². The van der Waals surface area contributed by atoms with Crippen LogP contribution in [-0.4, -0.2) is 20.7 Å². The Morgan fingerprint density at radius 3 is 2.82 bits per heavy atom. The van der Waals surface area contributed by atoms with E-state index in [1.807, 2.05) is 0 Å². The number of rotatable bonds is 0. The van der Waals surface area contributed by atoms with E-state index in [2.05, 4.69) is 4.98 Å². The van der Waals surface area contributed by atoms with Gasteiger partial charge in [0.05, 0.1) is 6.20 Å². The van der Waals surface area contributed by atoms with E-state index >= 15 is 0 Å². The summed E-state index contributed by atoms with van der Waals surface area (Å²) in [6, 6.07) is -0.974. The molecule has 58 valence electrons. The third kappa shape index (κ3) is 1.18. The maximum absolute atomic E-state index is 10.8. The molecule has 0 unspecified atom stereocenters. The first-order chi connectivity index (χ1) is 5.13. The highest BCUT2D eigenvalue weighted by atomic mass is 16.3. The predicted molar refractivity (Wildman–Crippen MR) is 35.1 cm³/mol. The molecular formula is C5H5N3O3. The summed E-state index contributed by atoms with van der Waals surface area (Å²) < 4.78 is 0.509. The van der Waals surface area contributed by atoms with Crippen LogP contribution in [0.4, 0.5) is 4.79 Å². The molecule has 0 saturated carbocycles. The number of nitrogens with two attached hydrogens (primary N) is 1. The van der Waals surface area contributed by atoms with Crippen molar-refractivity contribution < 1.29 is 9.90 Å². The zero-order chi connectivity index (χ0) is 8.43. The summed E-state index contributed by atoms with van der Waals surface area (Å²) in [7, 11) is 0. The van der Waals surface area contributed by atoms with Crippen LogP contribution in [0.1, 0.15) is 0 Å². The van der Waals surface area contributed by atoms with Gasteiger partial charge in [0.2, 0.25) is 5.75 Å². The Labute approximate surface area is 60.9 Å². The van der Waals surface area contributed by atoms with Crippen molar-refractivity contribution in [1.82, 2.24) is 9.55 Å². The highest BCUT2D eigenvalue weighted by Crippen LogP contribution is 1.92. The average Bonchev–Trinajstić information content (AvgIpc) is 1.94. The monoisotopic (exact) mass is 155 g/mol. The van der Waals surface area contributed by atoms with Crippen LogP contribution in [0.25, 0.3) is 0 Å². The molecule has 0 aliphatic rings. The molecule has 3 N–H and O–H groups in total. The maximum Gasteiger partial charge on any atom is 0.327 e. The molecule has 0 saturated heterocycles. The van der Waals surface area contributed by atoms with Crippen LogP contribution in [-0.2, 0) is 0 Å². The van der Waals surface area contributed by atoms with Gasteiger partial charge in [0.1, 0.15) is 6.33 Å². The Kier molecular flexibility index (Phi) is 1.59. The number of primary amides is 1. The van der Waals surface area contributed by atoms with E-state index in [-0.39, 0.29) is 0 Å². The summed E-state index contributed by atoms with van der Waals surface area (Å²) >= 11 is 0. The van der Waals surface area contributed by atoms with E-state index in [1.165, 1.54) is 0 Å². The summed E-state index contributed by atoms with van der Waals surface area (Å²) in [6.07, 6.45) is 1.87. The highest BCUT2D eigenvalue weighted by molar-refractivity contribution is 5.74. The van der Waals surface area contributed by atoms with E-state index < -0.39 is 17.3 Å². The minimum absolute atomic E-state index is 0.509. The fraction of sp³-hybridized carbons (Fsp3) is 0. The summed E-state index contributed by atoms with van der Waals surface area (Å²) in [4.78, 5) is 24.6. The molecule has 1 amide bonds. The lowest BCUT2D eigenvalue weighted by molar-refractivity contribution is 0.249. The predicted octanol–water partition coefficient (Wildman–Crippen LogP) is -1.12. The van der Waals surface area contributed by atoms with Crippen molar-refractivity contribution in [2.24, 2.45) is 5.73 Å². The van der Waals surface area contributed by atoms with Crippen LogP contribution >= 0.6 is 0 Å². The lowest BCUT2D eigenvalue weighted by atomic mass is 10.6. The van der Waals surface area contributed by atoms with Gasteiger partial charge in [-0.2, -0.15) is 0 Å². The molecular weight excluding hydrogens is 150 g/mol. The van der Waals surface area contributed by atoms with Gasteiger partial charge in [-0.05, 0) is 0 Å². The molecule has 0 spiro atoms. The normalized spacial score (nSPS) is 9.45. The number of hydrogen-bond acceptors (Lipinski definition) is 4. The van der Waals surface area contributed by atoms with Crippen LogP contribution in [0.5, 0.6) is 5.75 Å². The van der Waals surface area contributed by atoms with Gasteiger partial charge in [-0.1, -0.05) is 0 Å². The van der Waals surface area contributed by atoms with Gasteiger partial charge in [-0.3, -0.25) is 4.79 Å². The second-order valence-electron chi connectivity index (χ2n) is 1.79. The van der Waals surface area contributed by atoms with Crippen LogP contribution in [0.2, 0.25) is 0 Å². The zero-order valence-electron chi connectivity index (χ0n) is 5.39. The quantitative estimate of drug-likeness (QED) is 0.495. The zero-order valence-corrected chi connectivity index (χ0v) is 5.39. The summed E-state index contributed by atoms with van der Waals surface area (Å²) in [5.74, 6) is -0.605. The minimum atomic E-state index is -0.974. The molecule has 1 heterocycles. The number of aromatic nitrogens is 2. The van der Waals surface area contributed by atoms with Gasteiger partial charge in [-0.15, -0.1) is 0 Å². The number of amides is 1. The summed E-state index contributed by atoms with van der Waals surface area (Å²) in [5, 5.41) is 8.75.